The Morgan fingerprint density at radius 2 is 1.86 bits per heavy atom. The highest BCUT2D eigenvalue weighted by Gasteiger charge is 1.96. The van der Waals surface area contributed by atoms with Crippen molar-refractivity contribution in [2.75, 3.05) is 13.2 Å². The maximum absolute atomic E-state index is 8.71. The molecule has 2 heteroatoms. The molecule has 0 aliphatic heterocycles. The minimum atomic E-state index is 0.0999. The summed E-state index contributed by atoms with van der Waals surface area (Å²) in [4.78, 5) is 0. The number of aliphatic hydroxyl groups excluding tert-OH is 1. The topological polar surface area (TPSA) is 29.5 Å². The van der Waals surface area contributed by atoms with Crippen molar-refractivity contribution >= 4 is 0 Å². The highest BCUT2D eigenvalue weighted by atomic mass is 16.5. The SMILES string of the molecule is OCCC#Cc1cccc(OCCCc2ccccc2)c1. The molecule has 0 saturated heterocycles. The number of benzene rings is 2. The van der Waals surface area contributed by atoms with Crippen molar-refractivity contribution in [3.63, 3.8) is 0 Å². The molecule has 2 aromatic carbocycles. The monoisotopic (exact) mass is 280 g/mol. The molecule has 0 heterocycles. The fraction of sp³-hybridized carbons (Fsp3) is 0.263. The van der Waals surface area contributed by atoms with Crippen LogP contribution in [0.1, 0.15) is 24.0 Å². The van der Waals surface area contributed by atoms with Gasteiger partial charge in [0.2, 0.25) is 0 Å². The minimum Gasteiger partial charge on any atom is -0.494 e. The van der Waals surface area contributed by atoms with Crippen LogP contribution >= 0.6 is 0 Å². The average molecular weight is 280 g/mol. The number of hydrogen-bond acceptors (Lipinski definition) is 2. The first-order chi connectivity index (χ1) is 10.4. The van der Waals surface area contributed by atoms with E-state index in [4.69, 9.17) is 9.84 Å². The summed E-state index contributed by atoms with van der Waals surface area (Å²) < 4.78 is 5.76. The quantitative estimate of drug-likeness (QED) is 0.649. The van der Waals surface area contributed by atoms with Crippen molar-refractivity contribution in [3.8, 4) is 17.6 Å². The molecular formula is C19H20O2. The van der Waals surface area contributed by atoms with Crippen molar-refractivity contribution in [2.24, 2.45) is 0 Å². The van der Waals surface area contributed by atoms with E-state index in [2.05, 4.69) is 36.1 Å². The summed E-state index contributed by atoms with van der Waals surface area (Å²) >= 11 is 0. The maximum atomic E-state index is 8.71. The maximum Gasteiger partial charge on any atom is 0.120 e. The number of ether oxygens (including phenoxy) is 1. The van der Waals surface area contributed by atoms with E-state index in [9.17, 15) is 0 Å². The zero-order valence-corrected chi connectivity index (χ0v) is 12.1. The van der Waals surface area contributed by atoms with E-state index in [1.165, 1.54) is 5.56 Å². The van der Waals surface area contributed by atoms with E-state index in [1.807, 2.05) is 30.3 Å². The van der Waals surface area contributed by atoms with Crippen molar-refractivity contribution in [1.82, 2.24) is 0 Å². The van der Waals surface area contributed by atoms with Crippen LogP contribution in [0.3, 0.4) is 0 Å². The van der Waals surface area contributed by atoms with Crippen LogP contribution in [0.15, 0.2) is 54.6 Å². The molecule has 0 aromatic heterocycles. The second-order valence-corrected chi connectivity index (χ2v) is 4.74. The van der Waals surface area contributed by atoms with Gasteiger partial charge in [0.15, 0.2) is 0 Å². The lowest BCUT2D eigenvalue weighted by molar-refractivity contribution is 0.305. The molecule has 0 radical (unpaired) electrons. The van der Waals surface area contributed by atoms with E-state index in [1.54, 1.807) is 0 Å². The second kappa shape index (κ2) is 8.84. The second-order valence-electron chi connectivity index (χ2n) is 4.74. The van der Waals surface area contributed by atoms with Crippen LogP contribution in [0.2, 0.25) is 0 Å². The van der Waals surface area contributed by atoms with Gasteiger partial charge in [-0.3, -0.25) is 0 Å². The van der Waals surface area contributed by atoms with Crippen LogP contribution in [-0.4, -0.2) is 18.3 Å². The number of rotatable bonds is 6. The number of aryl methyl sites for hydroxylation is 1. The van der Waals surface area contributed by atoms with Gasteiger partial charge < -0.3 is 9.84 Å². The van der Waals surface area contributed by atoms with Gasteiger partial charge in [0.1, 0.15) is 5.75 Å². The molecule has 21 heavy (non-hydrogen) atoms. The Balaban J connectivity index is 1.78. The third kappa shape index (κ3) is 5.72. The summed E-state index contributed by atoms with van der Waals surface area (Å²) in [6.45, 7) is 0.797. The highest BCUT2D eigenvalue weighted by Crippen LogP contribution is 2.13. The summed E-state index contributed by atoms with van der Waals surface area (Å²) in [6.07, 6.45) is 2.52. The highest BCUT2D eigenvalue weighted by molar-refractivity contribution is 5.39. The van der Waals surface area contributed by atoms with Crippen molar-refractivity contribution in [3.05, 3.63) is 65.7 Å². The van der Waals surface area contributed by atoms with Gasteiger partial charge in [0, 0.05) is 12.0 Å². The Bertz CT molecular complexity index is 594. The Morgan fingerprint density at radius 3 is 2.67 bits per heavy atom. The predicted molar refractivity (Wildman–Crippen MR) is 85.3 cm³/mol. The Morgan fingerprint density at radius 1 is 1.00 bits per heavy atom. The molecule has 0 aliphatic carbocycles. The zero-order valence-electron chi connectivity index (χ0n) is 12.1. The molecule has 1 N–H and O–H groups in total. The predicted octanol–water partition coefficient (Wildman–Crippen LogP) is 3.43. The first-order valence-corrected chi connectivity index (χ1v) is 7.25. The van der Waals surface area contributed by atoms with Gasteiger partial charge in [0.25, 0.3) is 0 Å². The van der Waals surface area contributed by atoms with Crippen molar-refractivity contribution in [2.45, 2.75) is 19.3 Å². The summed E-state index contributed by atoms with van der Waals surface area (Å²) in [6, 6.07) is 18.2. The van der Waals surface area contributed by atoms with Crippen LogP contribution in [-0.2, 0) is 6.42 Å². The van der Waals surface area contributed by atoms with Gasteiger partial charge in [-0.15, -0.1) is 0 Å². The Labute approximate surface area is 126 Å². The summed E-state index contributed by atoms with van der Waals surface area (Å²) in [7, 11) is 0. The molecule has 2 nitrogen and oxygen atoms in total. The van der Waals surface area contributed by atoms with E-state index in [-0.39, 0.29) is 6.61 Å². The van der Waals surface area contributed by atoms with Crippen LogP contribution in [0.5, 0.6) is 5.75 Å². The van der Waals surface area contributed by atoms with Crippen molar-refractivity contribution < 1.29 is 9.84 Å². The molecule has 2 rings (SSSR count). The largest absolute Gasteiger partial charge is 0.494 e. The van der Waals surface area contributed by atoms with Gasteiger partial charge in [-0.1, -0.05) is 48.2 Å². The number of hydrogen-bond donors (Lipinski definition) is 1. The molecule has 2 aromatic rings. The van der Waals surface area contributed by atoms with Crippen LogP contribution in [0.4, 0.5) is 0 Å². The molecule has 0 spiro atoms. The Kier molecular flexibility index (Phi) is 6.38. The van der Waals surface area contributed by atoms with E-state index < -0.39 is 0 Å². The van der Waals surface area contributed by atoms with E-state index in [0.29, 0.717) is 13.0 Å². The van der Waals surface area contributed by atoms with Gasteiger partial charge in [-0.2, -0.15) is 0 Å². The molecule has 0 fully saturated rings. The fourth-order valence-electron chi connectivity index (χ4n) is 2.00. The molecule has 0 bridgehead atoms. The lowest BCUT2D eigenvalue weighted by Gasteiger charge is -2.06. The van der Waals surface area contributed by atoms with Crippen LogP contribution < -0.4 is 4.74 Å². The normalized spacial score (nSPS) is 9.76. The van der Waals surface area contributed by atoms with Gasteiger partial charge in [-0.05, 0) is 36.6 Å². The number of aliphatic hydroxyl groups is 1. The third-order valence-electron chi connectivity index (χ3n) is 3.02. The standard InChI is InChI=1S/C19H20O2/c20-14-5-4-10-18-11-6-13-19(16-18)21-15-7-12-17-8-2-1-3-9-17/h1-3,6,8-9,11,13,16,20H,5,7,12,14-15H2. The van der Waals surface area contributed by atoms with Crippen molar-refractivity contribution in [1.29, 1.82) is 0 Å². The lowest BCUT2D eigenvalue weighted by Crippen LogP contribution is -1.99. The van der Waals surface area contributed by atoms with Gasteiger partial charge >= 0.3 is 0 Å². The lowest BCUT2D eigenvalue weighted by atomic mass is 10.1. The van der Waals surface area contributed by atoms with E-state index in [0.717, 1.165) is 24.2 Å². The van der Waals surface area contributed by atoms with Crippen LogP contribution in [0.25, 0.3) is 0 Å². The average Bonchev–Trinajstić information content (AvgIpc) is 2.53. The fourth-order valence-corrected chi connectivity index (χ4v) is 2.00. The first kappa shape index (κ1) is 15.2. The Hall–Kier alpha value is -2.24. The third-order valence-corrected chi connectivity index (χ3v) is 3.02. The zero-order chi connectivity index (χ0) is 14.8. The molecule has 108 valence electrons. The van der Waals surface area contributed by atoms with E-state index >= 15 is 0 Å². The van der Waals surface area contributed by atoms with Gasteiger partial charge in [-0.25, -0.2) is 0 Å². The summed E-state index contributed by atoms with van der Waals surface area (Å²) in [5.41, 5.74) is 2.26. The van der Waals surface area contributed by atoms with Crippen LogP contribution in [0, 0.1) is 11.8 Å². The smallest absolute Gasteiger partial charge is 0.120 e. The molecule has 0 amide bonds. The molecule has 0 saturated carbocycles. The molecular weight excluding hydrogens is 260 g/mol. The summed E-state index contributed by atoms with van der Waals surface area (Å²) in [5, 5.41) is 8.71. The van der Waals surface area contributed by atoms with Gasteiger partial charge in [0.05, 0.1) is 13.2 Å². The molecule has 0 unspecified atom stereocenters. The minimum absolute atomic E-state index is 0.0999. The molecule has 0 aliphatic rings. The summed E-state index contributed by atoms with van der Waals surface area (Å²) in [5.74, 6) is 6.77. The molecule has 0 atom stereocenters. The first-order valence-electron chi connectivity index (χ1n) is 7.25.